The van der Waals surface area contributed by atoms with Crippen LogP contribution in [-0.4, -0.2) is 20.2 Å². The number of hydrogen-bond donors (Lipinski definition) is 1. The van der Waals surface area contributed by atoms with Crippen LogP contribution >= 0.6 is 11.8 Å². The van der Waals surface area contributed by atoms with Gasteiger partial charge in [-0.25, -0.2) is 4.39 Å². The van der Waals surface area contributed by atoms with Gasteiger partial charge in [0.1, 0.15) is 5.82 Å². The molecule has 5 nitrogen and oxygen atoms in total. The maximum absolute atomic E-state index is 13.0. The van der Waals surface area contributed by atoms with E-state index in [9.17, 15) is 4.39 Å². The van der Waals surface area contributed by atoms with Gasteiger partial charge in [-0.3, -0.25) is 0 Å². The molecule has 1 aromatic carbocycles. The number of halogens is 1. The molecule has 0 unspecified atom stereocenters. The Balaban J connectivity index is 2.07. The van der Waals surface area contributed by atoms with Crippen molar-refractivity contribution in [2.45, 2.75) is 10.6 Å². The molecular weight excluding hydrogens is 229 g/mol. The first-order valence-electron chi connectivity index (χ1n) is 4.56. The van der Waals surface area contributed by atoms with Crippen LogP contribution in [0.3, 0.4) is 0 Å². The van der Waals surface area contributed by atoms with Gasteiger partial charge in [-0.2, -0.15) is 4.80 Å². The quantitative estimate of drug-likeness (QED) is 0.644. The van der Waals surface area contributed by atoms with Crippen molar-refractivity contribution in [2.24, 2.45) is 7.05 Å². The Morgan fingerprint density at radius 1 is 1.50 bits per heavy atom. The van der Waals surface area contributed by atoms with E-state index < -0.39 is 0 Å². The number of thioether (sulfide) groups is 1. The van der Waals surface area contributed by atoms with Gasteiger partial charge in [0.15, 0.2) is 5.82 Å². The standard InChI is InChI=1S/C9H10FN5S/c1-15-13-9(12-14-15)5-16-8-4-6(10)2-3-7(8)11/h2-4H,5,11H2,1H3. The molecular formula is C9H10FN5S. The fraction of sp³-hybridized carbons (Fsp3) is 0.222. The molecule has 0 saturated heterocycles. The van der Waals surface area contributed by atoms with Gasteiger partial charge in [0.25, 0.3) is 0 Å². The van der Waals surface area contributed by atoms with Gasteiger partial charge in [-0.05, 0) is 23.4 Å². The number of anilines is 1. The SMILES string of the molecule is Cn1nnc(CSc2cc(F)ccc2N)n1. The van der Waals surface area contributed by atoms with Crippen LogP contribution in [0.15, 0.2) is 23.1 Å². The van der Waals surface area contributed by atoms with Gasteiger partial charge in [0.05, 0.1) is 12.8 Å². The molecule has 0 amide bonds. The maximum atomic E-state index is 13.0. The summed E-state index contributed by atoms with van der Waals surface area (Å²) in [5.41, 5.74) is 6.26. The van der Waals surface area contributed by atoms with E-state index in [0.29, 0.717) is 22.2 Å². The van der Waals surface area contributed by atoms with Crippen LogP contribution in [-0.2, 0) is 12.8 Å². The first kappa shape index (κ1) is 10.9. The highest BCUT2D eigenvalue weighted by molar-refractivity contribution is 7.98. The molecule has 0 saturated carbocycles. The lowest BCUT2D eigenvalue weighted by Crippen LogP contribution is -1.93. The molecule has 2 N–H and O–H groups in total. The van der Waals surface area contributed by atoms with Gasteiger partial charge >= 0.3 is 0 Å². The number of aryl methyl sites for hydroxylation is 1. The number of nitrogens with zero attached hydrogens (tertiary/aromatic N) is 4. The average Bonchev–Trinajstić information content (AvgIpc) is 2.66. The molecule has 2 aromatic rings. The van der Waals surface area contributed by atoms with Crippen molar-refractivity contribution in [3.05, 3.63) is 29.8 Å². The second kappa shape index (κ2) is 4.48. The second-order valence-electron chi connectivity index (χ2n) is 3.17. The van der Waals surface area contributed by atoms with Gasteiger partial charge in [0.2, 0.25) is 0 Å². The molecule has 0 aliphatic rings. The van der Waals surface area contributed by atoms with E-state index in [0.717, 1.165) is 0 Å². The Kier molecular flexibility index (Phi) is 3.04. The van der Waals surface area contributed by atoms with Crippen LogP contribution < -0.4 is 5.73 Å². The molecule has 1 aromatic heterocycles. The molecule has 84 valence electrons. The number of nitrogens with two attached hydrogens (primary N) is 1. The zero-order valence-electron chi connectivity index (χ0n) is 8.59. The molecule has 7 heteroatoms. The summed E-state index contributed by atoms with van der Waals surface area (Å²) in [6.45, 7) is 0. The summed E-state index contributed by atoms with van der Waals surface area (Å²) in [7, 11) is 1.69. The number of benzene rings is 1. The van der Waals surface area contributed by atoms with Crippen molar-refractivity contribution < 1.29 is 4.39 Å². The topological polar surface area (TPSA) is 69.6 Å². The van der Waals surface area contributed by atoms with Crippen LogP contribution in [0.4, 0.5) is 10.1 Å². The first-order chi connectivity index (χ1) is 7.65. The third kappa shape index (κ3) is 2.48. The van der Waals surface area contributed by atoms with Crippen molar-refractivity contribution in [1.82, 2.24) is 20.2 Å². The molecule has 0 aliphatic heterocycles. The van der Waals surface area contributed by atoms with E-state index >= 15 is 0 Å². The predicted octanol–water partition coefficient (Wildman–Crippen LogP) is 1.22. The Hall–Kier alpha value is -1.63. The normalized spacial score (nSPS) is 10.6. The van der Waals surface area contributed by atoms with Crippen molar-refractivity contribution in [1.29, 1.82) is 0 Å². The van der Waals surface area contributed by atoms with Crippen molar-refractivity contribution in [3.63, 3.8) is 0 Å². The Morgan fingerprint density at radius 3 is 3.00 bits per heavy atom. The average molecular weight is 239 g/mol. The lowest BCUT2D eigenvalue weighted by molar-refractivity contribution is 0.624. The summed E-state index contributed by atoms with van der Waals surface area (Å²) in [5, 5.41) is 11.6. The maximum Gasteiger partial charge on any atom is 0.184 e. The van der Waals surface area contributed by atoms with Gasteiger partial charge in [-0.1, -0.05) is 0 Å². The summed E-state index contributed by atoms with van der Waals surface area (Å²) in [6.07, 6.45) is 0. The van der Waals surface area contributed by atoms with Crippen LogP contribution in [0.25, 0.3) is 0 Å². The second-order valence-corrected chi connectivity index (χ2v) is 4.18. The minimum Gasteiger partial charge on any atom is -0.398 e. The Labute approximate surface area is 95.8 Å². The van der Waals surface area contributed by atoms with Crippen LogP contribution in [0.2, 0.25) is 0 Å². The van der Waals surface area contributed by atoms with Crippen molar-refractivity contribution in [3.8, 4) is 0 Å². The number of rotatable bonds is 3. The summed E-state index contributed by atoms with van der Waals surface area (Å²) in [4.78, 5) is 2.07. The summed E-state index contributed by atoms with van der Waals surface area (Å²) >= 11 is 1.38. The monoisotopic (exact) mass is 239 g/mol. The molecule has 2 rings (SSSR count). The van der Waals surface area contributed by atoms with E-state index in [2.05, 4.69) is 15.4 Å². The Morgan fingerprint density at radius 2 is 2.31 bits per heavy atom. The largest absolute Gasteiger partial charge is 0.398 e. The van der Waals surface area contributed by atoms with E-state index in [1.54, 1.807) is 13.1 Å². The fourth-order valence-corrected chi connectivity index (χ4v) is 1.99. The van der Waals surface area contributed by atoms with E-state index in [4.69, 9.17) is 5.73 Å². The lowest BCUT2D eigenvalue weighted by atomic mass is 10.3. The zero-order chi connectivity index (χ0) is 11.5. The molecule has 0 fully saturated rings. The molecule has 1 heterocycles. The summed E-state index contributed by atoms with van der Waals surface area (Å²) in [5.74, 6) is 0.807. The lowest BCUT2D eigenvalue weighted by Gasteiger charge is -2.02. The van der Waals surface area contributed by atoms with Gasteiger partial charge in [0, 0.05) is 10.6 Å². The van der Waals surface area contributed by atoms with Gasteiger partial charge in [-0.15, -0.1) is 22.0 Å². The van der Waals surface area contributed by atoms with Crippen molar-refractivity contribution in [2.75, 3.05) is 5.73 Å². The number of tetrazole rings is 1. The molecule has 0 aliphatic carbocycles. The van der Waals surface area contributed by atoms with E-state index in [1.165, 1.54) is 28.7 Å². The minimum absolute atomic E-state index is 0.302. The molecule has 0 atom stereocenters. The fourth-order valence-electron chi connectivity index (χ4n) is 1.16. The highest BCUT2D eigenvalue weighted by Crippen LogP contribution is 2.27. The van der Waals surface area contributed by atoms with Crippen LogP contribution in [0, 0.1) is 5.82 Å². The molecule has 0 bridgehead atoms. The highest BCUT2D eigenvalue weighted by Gasteiger charge is 2.05. The molecule has 0 radical (unpaired) electrons. The minimum atomic E-state index is -0.302. The van der Waals surface area contributed by atoms with Crippen LogP contribution in [0.1, 0.15) is 5.82 Å². The number of hydrogen-bond acceptors (Lipinski definition) is 5. The first-order valence-corrected chi connectivity index (χ1v) is 5.54. The predicted molar refractivity (Wildman–Crippen MR) is 59.2 cm³/mol. The number of nitrogen functional groups attached to an aromatic ring is 1. The van der Waals surface area contributed by atoms with E-state index in [-0.39, 0.29) is 5.82 Å². The molecule has 0 spiro atoms. The summed E-state index contributed by atoms with van der Waals surface area (Å²) in [6, 6.07) is 4.28. The van der Waals surface area contributed by atoms with E-state index in [1.807, 2.05) is 0 Å². The smallest absolute Gasteiger partial charge is 0.184 e. The van der Waals surface area contributed by atoms with Gasteiger partial charge < -0.3 is 5.73 Å². The van der Waals surface area contributed by atoms with Crippen molar-refractivity contribution >= 4 is 17.4 Å². The summed E-state index contributed by atoms with van der Waals surface area (Å²) < 4.78 is 13.0. The number of aromatic nitrogens is 4. The zero-order valence-corrected chi connectivity index (χ0v) is 9.41. The van der Waals surface area contributed by atoms with Crippen LogP contribution in [0.5, 0.6) is 0 Å². The third-order valence-corrected chi connectivity index (χ3v) is 2.95. The molecule has 16 heavy (non-hydrogen) atoms. The Bertz CT molecular complexity index is 498. The highest BCUT2D eigenvalue weighted by atomic mass is 32.2. The third-order valence-electron chi connectivity index (χ3n) is 1.88.